The molecule has 0 saturated heterocycles. The molecule has 0 rings (SSSR count). The van der Waals surface area contributed by atoms with Crippen molar-refractivity contribution in [3.05, 3.63) is 122 Å². The van der Waals surface area contributed by atoms with E-state index < -0.39 is 6.10 Å². The van der Waals surface area contributed by atoms with Crippen molar-refractivity contribution in [1.82, 2.24) is 0 Å². The summed E-state index contributed by atoms with van der Waals surface area (Å²) < 4.78 is 16.7. The summed E-state index contributed by atoms with van der Waals surface area (Å²) in [4.78, 5) is 37.9. The molecule has 0 aliphatic carbocycles. The Balaban J connectivity index is 4.58. The number of carbonyl (C=O) groups is 3. The molecule has 64 heavy (non-hydrogen) atoms. The lowest BCUT2D eigenvalue weighted by molar-refractivity contribution is -0.166. The molecule has 0 spiro atoms. The minimum absolute atomic E-state index is 0.120. The number of hydrogen-bond donors (Lipinski definition) is 0. The Hall–Kier alpha value is -4.19. The van der Waals surface area contributed by atoms with Crippen LogP contribution < -0.4 is 0 Å². The van der Waals surface area contributed by atoms with Crippen molar-refractivity contribution >= 4 is 17.9 Å². The molecule has 0 aliphatic heterocycles. The van der Waals surface area contributed by atoms with Crippen LogP contribution in [0.1, 0.15) is 207 Å². The van der Waals surface area contributed by atoms with E-state index in [9.17, 15) is 14.4 Å². The summed E-state index contributed by atoms with van der Waals surface area (Å²) in [5.41, 5.74) is 0. The van der Waals surface area contributed by atoms with E-state index in [4.69, 9.17) is 14.2 Å². The molecule has 0 amide bonds. The molecular weight excluding hydrogens is 793 g/mol. The van der Waals surface area contributed by atoms with E-state index in [1.807, 2.05) is 60.8 Å². The lowest BCUT2D eigenvalue weighted by atomic mass is 10.0. The van der Waals surface area contributed by atoms with Gasteiger partial charge in [0.2, 0.25) is 0 Å². The summed E-state index contributed by atoms with van der Waals surface area (Å²) in [7, 11) is 0. The van der Waals surface area contributed by atoms with Gasteiger partial charge in [0.15, 0.2) is 6.10 Å². The van der Waals surface area contributed by atoms with Gasteiger partial charge in [-0.25, -0.2) is 0 Å². The normalized spacial score (nSPS) is 13.1. The first kappa shape index (κ1) is 59.8. The Morgan fingerprint density at radius 1 is 0.344 bits per heavy atom. The van der Waals surface area contributed by atoms with Crippen LogP contribution in [0, 0.1) is 0 Å². The van der Waals surface area contributed by atoms with Crippen LogP contribution in [0.15, 0.2) is 122 Å². The van der Waals surface area contributed by atoms with Crippen LogP contribution >= 0.6 is 0 Å². The molecule has 6 nitrogen and oxygen atoms in total. The maximum absolute atomic E-state index is 12.8. The zero-order valence-electron chi connectivity index (χ0n) is 41.0. The molecule has 0 aromatic rings. The molecule has 0 bridgehead atoms. The number of hydrogen-bond acceptors (Lipinski definition) is 6. The zero-order valence-corrected chi connectivity index (χ0v) is 41.0. The van der Waals surface area contributed by atoms with Crippen molar-refractivity contribution < 1.29 is 28.6 Å². The lowest BCUT2D eigenvalue weighted by Gasteiger charge is -2.18. The molecule has 0 aromatic carbocycles. The molecule has 1 atom stereocenters. The Labute approximate surface area is 392 Å². The van der Waals surface area contributed by atoms with E-state index in [1.54, 1.807) is 0 Å². The lowest BCUT2D eigenvalue weighted by Crippen LogP contribution is -2.30. The van der Waals surface area contributed by atoms with E-state index in [0.717, 1.165) is 77.0 Å². The van der Waals surface area contributed by atoms with E-state index in [0.29, 0.717) is 19.3 Å². The smallest absolute Gasteiger partial charge is 0.306 e. The van der Waals surface area contributed by atoms with E-state index >= 15 is 0 Å². The summed E-state index contributed by atoms with van der Waals surface area (Å²) in [5, 5.41) is 0. The van der Waals surface area contributed by atoms with Crippen molar-refractivity contribution in [1.29, 1.82) is 0 Å². The quantitative estimate of drug-likeness (QED) is 0.0199. The summed E-state index contributed by atoms with van der Waals surface area (Å²) in [6, 6.07) is 0. The van der Waals surface area contributed by atoms with Gasteiger partial charge in [0.05, 0.1) is 0 Å². The molecule has 0 radical (unpaired) electrons. The van der Waals surface area contributed by atoms with Gasteiger partial charge in [-0.2, -0.15) is 0 Å². The topological polar surface area (TPSA) is 78.9 Å². The van der Waals surface area contributed by atoms with Crippen molar-refractivity contribution in [2.75, 3.05) is 13.2 Å². The third-order valence-electron chi connectivity index (χ3n) is 10.4. The van der Waals surface area contributed by atoms with Gasteiger partial charge in [0.1, 0.15) is 13.2 Å². The van der Waals surface area contributed by atoms with Gasteiger partial charge in [0, 0.05) is 19.3 Å². The number of allylic oxidation sites excluding steroid dienone is 20. The zero-order chi connectivity index (χ0) is 46.5. The van der Waals surface area contributed by atoms with Crippen LogP contribution in [0.4, 0.5) is 0 Å². The summed E-state index contributed by atoms with van der Waals surface area (Å²) in [5.74, 6) is -1.06. The van der Waals surface area contributed by atoms with E-state index in [2.05, 4.69) is 81.5 Å². The third-order valence-corrected chi connectivity index (χ3v) is 10.4. The number of esters is 3. The number of carbonyl (C=O) groups excluding carboxylic acids is 3. The van der Waals surface area contributed by atoms with Gasteiger partial charge in [-0.1, -0.05) is 239 Å². The van der Waals surface area contributed by atoms with Crippen LogP contribution in [-0.4, -0.2) is 37.2 Å². The fourth-order valence-electron chi connectivity index (χ4n) is 6.57. The van der Waals surface area contributed by atoms with Gasteiger partial charge in [-0.3, -0.25) is 14.4 Å². The second-order valence-corrected chi connectivity index (χ2v) is 16.4. The average molecular weight is 885 g/mol. The fraction of sp³-hybridized carbons (Fsp3) is 0.603. The molecular formula is C58H92O6. The first-order valence-corrected chi connectivity index (χ1v) is 25.6. The highest BCUT2D eigenvalue weighted by molar-refractivity contribution is 5.71. The highest BCUT2D eigenvalue weighted by Gasteiger charge is 2.19. The van der Waals surface area contributed by atoms with Crippen LogP contribution in [-0.2, 0) is 28.6 Å². The predicted molar refractivity (Wildman–Crippen MR) is 274 cm³/mol. The number of unbranched alkanes of at least 4 members (excludes halogenated alkanes) is 17. The first-order chi connectivity index (χ1) is 31.5. The van der Waals surface area contributed by atoms with Crippen LogP contribution in [0.5, 0.6) is 0 Å². The largest absolute Gasteiger partial charge is 0.462 e. The molecule has 0 aliphatic rings. The highest BCUT2D eigenvalue weighted by Crippen LogP contribution is 2.14. The SMILES string of the molecule is CC\C=C/C=C\C=C/C=C\C=C/CCCCCC(=O)OC(COC(=O)CC/C=C\C/C=C\C/C=C\C/C=C\C/C=C\CC)COC(=O)CCCCCCCCCCCCCCCCC. The summed E-state index contributed by atoms with van der Waals surface area (Å²) >= 11 is 0. The Kier molecular flexibility index (Phi) is 48.1. The Bertz CT molecular complexity index is 1390. The van der Waals surface area contributed by atoms with Gasteiger partial charge in [-0.15, -0.1) is 0 Å². The maximum Gasteiger partial charge on any atom is 0.306 e. The van der Waals surface area contributed by atoms with E-state index in [1.165, 1.54) is 77.0 Å². The minimum atomic E-state index is -0.831. The van der Waals surface area contributed by atoms with Crippen LogP contribution in [0.2, 0.25) is 0 Å². The molecule has 0 aromatic heterocycles. The minimum Gasteiger partial charge on any atom is -0.462 e. The molecule has 0 saturated carbocycles. The van der Waals surface area contributed by atoms with Crippen molar-refractivity contribution in [3.63, 3.8) is 0 Å². The first-order valence-electron chi connectivity index (χ1n) is 25.6. The molecule has 360 valence electrons. The standard InChI is InChI=1S/C58H92O6/c1-4-7-10-13-16-19-22-25-28-31-33-36-39-42-45-48-51-57(60)63-54-55(64-58(61)52-49-46-43-40-37-34-30-27-24-21-18-15-12-9-6-3)53-62-56(59)50-47-44-41-38-35-32-29-26-23-20-17-14-11-8-5-2/h7,9-10,12,15-16,18-19,21,24-25,27-28,30,33-34,36-37,42,45,55H,4-6,8,11,13-14,17,20,22-23,26,29,31-32,35,38-41,43-44,46-54H2,1-3H3/b10-7-,12-9-,18-15-,19-16-,24-21-,28-25-,30-27-,36-33-,37-34-,45-42-. The third kappa shape index (κ3) is 48.8. The van der Waals surface area contributed by atoms with Gasteiger partial charge in [-0.05, 0) is 70.6 Å². The van der Waals surface area contributed by atoms with Gasteiger partial charge < -0.3 is 14.2 Å². The molecule has 6 heteroatoms. The molecule has 0 N–H and O–H groups in total. The maximum atomic E-state index is 12.8. The average Bonchev–Trinajstić information content (AvgIpc) is 3.29. The van der Waals surface area contributed by atoms with Gasteiger partial charge in [0.25, 0.3) is 0 Å². The molecule has 0 fully saturated rings. The van der Waals surface area contributed by atoms with Crippen molar-refractivity contribution in [2.45, 2.75) is 213 Å². The highest BCUT2D eigenvalue weighted by atomic mass is 16.6. The predicted octanol–water partition coefficient (Wildman–Crippen LogP) is 16.9. The number of rotatable bonds is 44. The fourth-order valence-corrected chi connectivity index (χ4v) is 6.57. The van der Waals surface area contributed by atoms with Crippen LogP contribution in [0.3, 0.4) is 0 Å². The van der Waals surface area contributed by atoms with E-state index in [-0.39, 0.29) is 44.0 Å². The monoisotopic (exact) mass is 885 g/mol. The summed E-state index contributed by atoms with van der Waals surface area (Å²) in [6.45, 7) is 6.27. The second kappa shape index (κ2) is 51.4. The second-order valence-electron chi connectivity index (χ2n) is 16.4. The van der Waals surface area contributed by atoms with Crippen molar-refractivity contribution in [2.24, 2.45) is 0 Å². The summed E-state index contributed by atoms with van der Waals surface area (Å²) in [6.07, 6.45) is 70.5. The van der Waals surface area contributed by atoms with Crippen LogP contribution in [0.25, 0.3) is 0 Å². The Morgan fingerprint density at radius 3 is 1.20 bits per heavy atom. The van der Waals surface area contributed by atoms with Gasteiger partial charge >= 0.3 is 17.9 Å². The number of ether oxygens (including phenoxy) is 3. The molecule has 0 heterocycles. The molecule has 1 unspecified atom stereocenters. The van der Waals surface area contributed by atoms with Crippen molar-refractivity contribution in [3.8, 4) is 0 Å². The Morgan fingerprint density at radius 2 is 0.719 bits per heavy atom.